The first-order valence-corrected chi connectivity index (χ1v) is 31.1. The van der Waals surface area contributed by atoms with Crippen molar-refractivity contribution in [3.63, 3.8) is 0 Å². The number of carbonyl (C=O) groups is 6. The van der Waals surface area contributed by atoms with E-state index >= 15 is 45.5 Å². The highest BCUT2D eigenvalue weighted by Gasteiger charge is 2.51. The van der Waals surface area contributed by atoms with E-state index in [-0.39, 0.29) is 162 Å². The molecular formula is C74H54F6N4O16. The lowest BCUT2D eigenvalue weighted by Gasteiger charge is -2.35. The molecule has 100 heavy (non-hydrogen) atoms. The van der Waals surface area contributed by atoms with Crippen molar-refractivity contribution in [2.24, 2.45) is 0 Å². The first-order valence-electron chi connectivity index (χ1n) is 31.1. The molecule has 9 aromatic carbocycles. The van der Waals surface area contributed by atoms with Crippen LogP contribution in [0.4, 0.5) is 26.3 Å². The molecule has 4 amide bonds. The van der Waals surface area contributed by atoms with E-state index in [1.165, 1.54) is 73.3 Å². The second-order valence-electron chi connectivity index (χ2n) is 23.4. The number of aliphatic hydroxyl groups excluding tert-OH is 4. The van der Waals surface area contributed by atoms with Gasteiger partial charge in [-0.1, -0.05) is 48.5 Å². The lowest BCUT2D eigenvalue weighted by atomic mass is 9.80. The largest absolute Gasteiger partial charge is 0.457 e. The van der Waals surface area contributed by atoms with E-state index < -0.39 is 95.1 Å². The van der Waals surface area contributed by atoms with E-state index in [0.717, 1.165) is 48.5 Å². The zero-order valence-corrected chi connectivity index (χ0v) is 52.1. The number of halogens is 6. The predicted molar refractivity (Wildman–Crippen MR) is 347 cm³/mol. The summed E-state index contributed by atoms with van der Waals surface area (Å²) < 4.78 is 129. The summed E-state index contributed by atoms with van der Waals surface area (Å²) in [7, 11) is 0. The van der Waals surface area contributed by atoms with Gasteiger partial charge in [0.1, 0.15) is 69.6 Å². The lowest BCUT2D eigenvalue weighted by molar-refractivity contribution is -0.160. The zero-order valence-electron chi connectivity index (χ0n) is 52.1. The maximum absolute atomic E-state index is 15.9. The number of hydrogen-bond acceptors (Lipinski definition) is 18. The van der Waals surface area contributed by atoms with Crippen LogP contribution < -0.4 is 28.4 Å². The van der Waals surface area contributed by atoms with Crippen LogP contribution in [0.5, 0.6) is 57.5 Å². The smallest absolute Gasteiger partial charge is 0.391 e. The first kappa shape index (κ1) is 67.0. The van der Waals surface area contributed by atoms with Crippen LogP contribution in [-0.4, -0.2) is 127 Å². The molecule has 0 fully saturated rings. The topological polar surface area (TPSA) is 271 Å². The van der Waals surface area contributed by atoms with Gasteiger partial charge in [-0.15, -0.1) is 0 Å². The molecule has 0 aliphatic carbocycles. The summed E-state index contributed by atoms with van der Waals surface area (Å²) in [6, 6.07) is 28.4. The normalized spacial score (nSPS) is 13.7. The number of fused-ring (bicyclic) bond motifs is 2. The van der Waals surface area contributed by atoms with Crippen LogP contribution in [0.25, 0.3) is 43.1 Å². The molecule has 508 valence electrons. The van der Waals surface area contributed by atoms with Gasteiger partial charge in [0, 0.05) is 94.3 Å². The Hall–Kier alpha value is -11.6. The number of esters is 2. The third-order valence-corrected chi connectivity index (χ3v) is 16.9. The summed E-state index contributed by atoms with van der Waals surface area (Å²) in [5, 5.41) is 38.1. The Bertz CT molecular complexity index is 4460. The fourth-order valence-corrected chi connectivity index (χ4v) is 12.5. The number of rotatable bonds is 24. The van der Waals surface area contributed by atoms with E-state index in [2.05, 4.69) is 9.97 Å². The van der Waals surface area contributed by atoms with Gasteiger partial charge in [-0.3, -0.25) is 38.9 Å². The molecule has 2 aliphatic heterocycles. The molecule has 2 aliphatic rings. The van der Waals surface area contributed by atoms with Gasteiger partial charge < -0.3 is 48.8 Å². The fraction of sp³-hybridized carbons (Fsp3) is 0.189. The molecule has 11 aromatic rings. The van der Waals surface area contributed by atoms with Crippen molar-refractivity contribution in [2.45, 2.75) is 63.0 Å². The average molecular weight is 1370 g/mol. The summed E-state index contributed by atoms with van der Waals surface area (Å²) in [6.45, 7) is -1.03. The Morgan fingerprint density at radius 3 is 0.810 bits per heavy atom. The van der Waals surface area contributed by atoms with Gasteiger partial charge >= 0.3 is 24.3 Å². The summed E-state index contributed by atoms with van der Waals surface area (Å²) in [4.78, 5) is 100. The molecule has 0 saturated heterocycles. The lowest BCUT2D eigenvalue weighted by Crippen LogP contribution is -2.53. The van der Waals surface area contributed by atoms with Gasteiger partial charge in [-0.05, 0) is 145 Å². The Morgan fingerprint density at radius 1 is 0.350 bits per heavy atom. The number of pyridine rings is 2. The van der Waals surface area contributed by atoms with Crippen LogP contribution in [-0.2, 0) is 35.3 Å². The molecule has 20 nitrogen and oxygen atoms in total. The van der Waals surface area contributed by atoms with Crippen LogP contribution in [0.3, 0.4) is 0 Å². The fourth-order valence-electron chi connectivity index (χ4n) is 12.5. The molecule has 2 unspecified atom stereocenters. The molecule has 4 heterocycles. The van der Waals surface area contributed by atoms with Crippen LogP contribution in [0, 0.1) is 0 Å². The minimum absolute atomic E-state index is 0.00759. The number of aromatic nitrogens is 2. The molecule has 0 saturated carbocycles. The molecule has 2 aromatic heterocycles. The highest BCUT2D eigenvalue weighted by atomic mass is 19.4. The van der Waals surface area contributed by atoms with E-state index in [0.29, 0.717) is 22.3 Å². The molecular weight excluding hydrogens is 1310 g/mol. The minimum atomic E-state index is -5.25. The molecule has 26 heteroatoms. The SMILES string of the molecule is O=C(Oc1ccncc1)C(CC(F)(F)F)N1C(=O)c2cc(Oc3ccc(CCO)cc3)c3c4c(Oc5ccc(CCO)cc5)cc5c6c(cc(Oc7ccc(CCO)cc7)c(c7c(Oc8ccc(CCO)cc8)cc(c2c37)C1=O)c64)C(=O)N(C(CC(F)(F)F)C(=O)Oc1ccncc1)C5=O. The Kier molecular flexibility index (Phi) is 18.3. The highest BCUT2D eigenvalue weighted by Crippen LogP contribution is 2.58. The molecule has 13 rings (SSSR count). The molecule has 0 bridgehead atoms. The third-order valence-electron chi connectivity index (χ3n) is 16.9. The van der Waals surface area contributed by atoms with Crippen LogP contribution >= 0.6 is 0 Å². The number of alkyl halides is 6. The van der Waals surface area contributed by atoms with Gasteiger partial charge in [0.15, 0.2) is 0 Å². The number of imide groups is 2. The summed E-state index contributed by atoms with van der Waals surface area (Å²) in [6.07, 6.45) is -9.25. The van der Waals surface area contributed by atoms with Gasteiger partial charge in [0.2, 0.25) is 0 Å². The standard InChI is InChI=1S/C74H54F6N4O16/c75-73(76,77)37-53(71(93)99-47-17-25-81-26-18-47)83-67(89)49-33-55(95-43-9-1-39(2-10-43)21-29-85)61-62-56(96-44-11-3-40(4-12-44)22-30-86)34-51-60-52(70(92)84(69(51)91)54(38-74(78,79)80)72(94)100-48-19-27-82-28-20-48)36-58(98-46-15-7-42(8-16-46)24-32-88)64(66(60)62)63-57(35-50(68(83)90)59(49)65(61)63)97-45-13-5-41(6-14-45)23-31-87/h1-20,25-28,33-36,53-54,85-88H,21-24,29-32,37-38H2. The second-order valence-corrected chi connectivity index (χ2v) is 23.4. The van der Waals surface area contributed by atoms with Crippen molar-refractivity contribution in [3.05, 3.63) is 215 Å². The van der Waals surface area contributed by atoms with E-state index in [9.17, 15) is 30.0 Å². The third kappa shape index (κ3) is 13.2. The summed E-state index contributed by atoms with van der Waals surface area (Å²) >= 11 is 0. The number of carbonyl (C=O) groups excluding carboxylic acids is 6. The Labute approximate surface area is 562 Å². The van der Waals surface area contributed by atoms with Gasteiger partial charge in [0.05, 0.1) is 35.1 Å². The van der Waals surface area contributed by atoms with Crippen molar-refractivity contribution in [3.8, 4) is 57.5 Å². The molecule has 0 spiro atoms. The summed E-state index contributed by atoms with van der Waals surface area (Å²) in [5.41, 5.74) is 0.319. The minimum Gasteiger partial charge on any atom is -0.457 e. The van der Waals surface area contributed by atoms with Crippen LogP contribution in [0.2, 0.25) is 0 Å². The van der Waals surface area contributed by atoms with E-state index in [4.69, 9.17) is 28.4 Å². The number of ether oxygens (including phenoxy) is 6. The van der Waals surface area contributed by atoms with Crippen molar-refractivity contribution < 1.29 is 104 Å². The number of hydrogen-bond donors (Lipinski definition) is 4. The number of amides is 4. The monoisotopic (exact) mass is 1370 g/mol. The Balaban J connectivity index is 1.20. The number of aliphatic hydroxyl groups is 4. The van der Waals surface area contributed by atoms with Crippen molar-refractivity contribution in [2.75, 3.05) is 26.4 Å². The first-order chi connectivity index (χ1) is 48.1. The van der Waals surface area contributed by atoms with Crippen LogP contribution in [0.1, 0.15) is 76.5 Å². The molecule has 2 atom stereocenters. The van der Waals surface area contributed by atoms with E-state index in [1.54, 1.807) is 48.5 Å². The zero-order chi connectivity index (χ0) is 70.3. The quantitative estimate of drug-likeness (QED) is 0.0144. The van der Waals surface area contributed by atoms with Gasteiger partial charge in [-0.25, -0.2) is 9.59 Å². The highest BCUT2D eigenvalue weighted by molar-refractivity contribution is 6.45. The predicted octanol–water partition coefficient (Wildman–Crippen LogP) is 12.9. The molecule has 4 N–H and O–H groups in total. The number of benzene rings is 9. The summed E-state index contributed by atoms with van der Waals surface area (Å²) in [5.74, 6) is -11.2. The van der Waals surface area contributed by atoms with Crippen molar-refractivity contribution >= 4 is 78.7 Å². The van der Waals surface area contributed by atoms with Gasteiger partial charge in [-0.2, -0.15) is 26.3 Å². The van der Waals surface area contributed by atoms with E-state index in [1.807, 2.05) is 0 Å². The molecule has 0 radical (unpaired) electrons. The van der Waals surface area contributed by atoms with Crippen molar-refractivity contribution in [1.82, 2.24) is 19.8 Å². The maximum atomic E-state index is 15.9. The van der Waals surface area contributed by atoms with Gasteiger partial charge in [0.25, 0.3) is 23.6 Å². The maximum Gasteiger partial charge on any atom is 0.391 e. The van der Waals surface area contributed by atoms with Crippen LogP contribution in [0.15, 0.2) is 170 Å². The number of nitrogens with zero attached hydrogens (tertiary/aromatic N) is 4. The second kappa shape index (κ2) is 27.4. The Morgan fingerprint density at radius 2 is 0.590 bits per heavy atom. The average Bonchev–Trinajstić information content (AvgIpc) is 0.671. The van der Waals surface area contributed by atoms with Crippen molar-refractivity contribution in [1.29, 1.82) is 0 Å².